The molecule has 1 aliphatic rings. The highest BCUT2D eigenvalue weighted by Gasteiger charge is 2.14. The average Bonchev–Trinajstić information content (AvgIpc) is 2.88. The largest absolute Gasteiger partial charge is 0.494 e. The zero-order chi connectivity index (χ0) is 22.7. The summed E-state index contributed by atoms with van der Waals surface area (Å²) in [6.07, 6.45) is 4.35. The third kappa shape index (κ3) is 7.22. The normalized spacial score (nSPS) is 14.4. The predicted octanol–water partition coefficient (Wildman–Crippen LogP) is 4.86. The molecule has 1 heterocycles. The van der Waals surface area contributed by atoms with Crippen LogP contribution in [0.4, 0.5) is 0 Å². The Morgan fingerprint density at radius 1 is 0.758 bits per heavy atom. The highest BCUT2D eigenvalue weighted by molar-refractivity contribution is 5.84. The summed E-state index contributed by atoms with van der Waals surface area (Å²) in [4.78, 5) is 16.8. The number of piperazine rings is 1. The molecular formula is C28H30N2O3. The van der Waals surface area contributed by atoms with Crippen LogP contribution in [-0.2, 0) is 4.79 Å². The average molecular weight is 443 g/mol. The predicted molar refractivity (Wildman–Crippen MR) is 131 cm³/mol. The van der Waals surface area contributed by atoms with Crippen LogP contribution in [0.5, 0.6) is 11.5 Å². The standard InChI is InChI=1S/C28H30N2O3/c31-28(33-27-14-12-25(13-15-27)24-8-3-1-4-9-24)16-18-30-21-19-29(20-22-30)17-7-23-32-26-10-5-2-6-11-26/h1-6,8-16,18H,7,17,19-23H2. The van der Waals surface area contributed by atoms with Gasteiger partial charge in [0, 0.05) is 45.0 Å². The highest BCUT2D eigenvalue weighted by Crippen LogP contribution is 2.22. The lowest BCUT2D eigenvalue weighted by Gasteiger charge is -2.33. The van der Waals surface area contributed by atoms with Gasteiger partial charge in [0.2, 0.25) is 0 Å². The van der Waals surface area contributed by atoms with E-state index in [0.717, 1.165) is 62.6 Å². The Bertz CT molecular complexity index is 1010. The van der Waals surface area contributed by atoms with Crippen LogP contribution < -0.4 is 9.47 Å². The highest BCUT2D eigenvalue weighted by atomic mass is 16.5. The van der Waals surface area contributed by atoms with Crippen molar-refractivity contribution in [3.63, 3.8) is 0 Å². The monoisotopic (exact) mass is 442 g/mol. The van der Waals surface area contributed by atoms with Crippen molar-refractivity contribution in [1.29, 1.82) is 0 Å². The maximum atomic E-state index is 12.2. The van der Waals surface area contributed by atoms with Crippen LogP contribution in [0.15, 0.2) is 97.2 Å². The summed E-state index contributed by atoms with van der Waals surface area (Å²) < 4.78 is 11.2. The van der Waals surface area contributed by atoms with Gasteiger partial charge in [0.1, 0.15) is 11.5 Å². The molecule has 33 heavy (non-hydrogen) atoms. The Morgan fingerprint density at radius 3 is 2.09 bits per heavy atom. The minimum atomic E-state index is -0.358. The van der Waals surface area contributed by atoms with E-state index in [1.807, 2.05) is 79.0 Å². The Hall–Kier alpha value is -3.57. The van der Waals surface area contributed by atoms with Crippen LogP contribution in [0.3, 0.4) is 0 Å². The first-order chi connectivity index (χ1) is 16.3. The quantitative estimate of drug-likeness (QED) is 0.205. The second-order valence-corrected chi connectivity index (χ2v) is 8.02. The van der Waals surface area contributed by atoms with Crippen molar-refractivity contribution in [2.75, 3.05) is 39.3 Å². The summed E-state index contributed by atoms with van der Waals surface area (Å²) in [6, 6.07) is 27.6. The first-order valence-corrected chi connectivity index (χ1v) is 11.5. The molecule has 1 fully saturated rings. The number of hydrogen-bond acceptors (Lipinski definition) is 5. The summed E-state index contributed by atoms with van der Waals surface area (Å²) >= 11 is 0. The van der Waals surface area contributed by atoms with Crippen molar-refractivity contribution in [3.05, 3.63) is 97.2 Å². The smallest absolute Gasteiger partial charge is 0.337 e. The molecular weight excluding hydrogens is 412 g/mol. The molecule has 0 saturated carbocycles. The third-order valence-corrected chi connectivity index (χ3v) is 5.64. The minimum Gasteiger partial charge on any atom is -0.494 e. The Balaban J connectivity index is 1.14. The van der Waals surface area contributed by atoms with Crippen LogP contribution in [0.25, 0.3) is 11.1 Å². The molecule has 1 saturated heterocycles. The molecule has 0 unspecified atom stereocenters. The lowest BCUT2D eigenvalue weighted by molar-refractivity contribution is -0.129. The van der Waals surface area contributed by atoms with Crippen LogP contribution >= 0.6 is 0 Å². The topological polar surface area (TPSA) is 42.0 Å². The van der Waals surface area contributed by atoms with E-state index >= 15 is 0 Å². The molecule has 4 rings (SSSR count). The van der Waals surface area contributed by atoms with E-state index in [1.54, 1.807) is 0 Å². The maximum absolute atomic E-state index is 12.2. The summed E-state index contributed by atoms with van der Waals surface area (Å²) in [5, 5.41) is 0. The van der Waals surface area contributed by atoms with Crippen molar-refractivity contribution < 1.29 is 14.3 Å². The summed E-state index contributed by atoms with van der Waals surface area (Å²) in [7, 11) is 0. The molecule has 0 N–H and O–H groups in total. The van der Waals surface area contributed by atoms with Crippen molar-refractivity contribution in [2.24, 2.45) is 0 Å². The summed E-state index contributed by atoms with van der Waals surface area (Å²) in [6.45, 7) is 5.50. The number of rotatable bonds is 9. The zero-order valence-corrected chi connectivity index (χ0v) is 18.8. The third-order valence-electron chi connectivity index (χ3n) is 5.64. The van der Waals surface area contributed by atoms with E-state index in [0.29, 0.717) is 5.75 Å². The van der Waals surface area contributed by atoms with Crippen LogP contribution in [0.2, 0.25) is 0 Å². The molecule has 0 atom stereocenters. The van der Waals surface area contributed by atoms with Crippen LogP contribution in [-0.4, -0.2) is 55.1 Å². The number of ether oxygens (including phenoxy) is 2. The molecule has 3 aromatic rings. The van der Waals surface area contributed by atoms with Gasteiger partial charge in [-0.3, -0.25) is 4.90 Å². The van der Waals surface area contributed by atoms with Crippen molar-refractivity contribution in [1.82, 2.24) is 9.80 Å². The number of nitrogens with zero attached hydrogens (tertiary/aromatic N) is 2. The van der Waals surface area contributed by atoms with E-state index in [2.05, 4.69) is 21.9 Å². The van der Waals surface area contributed by atoms with Gasteiger partial charge in [0.25, 0.3) is 0 Å². The van der Waals surface area contributed by atoms with Gasteiger partial charge in [0.15, 0.2) is 0 Å². The van der Waals surface area contributed by atoms with Gasteiger partial charge in [0.05, 0.1) is 6.61 Å². The number of benzene rings is 3. The molecule has 5 heteroatoms. The van der Waals surface area contributed by atoms with E-state index in [-0.39, 0.29) is 5.97 Å². The Labute approximate surface area is 195 Å². The minimum absolute atomic E-state index is 0.358. The fourth-order valence-corrected chi connectivity index (χ4v) is 3.79. The first-order valence-electron chi connectivity index (χ1n) is 11.5. The first kappa shape index (κ1) is 22.6. The van der Waals surface area contributed by atoms with Gasteiger partial charge in [-0.05, 0) is 41.8 Å². The molecule has 0 aromatic heterocycles. The molecule has 1 aliphatic heterocycles. The van der Waals surface area contributed by atoms with E-state index in [1.165, 1.54) is 6.08 Å². The van der Waals surface area contributed by atoms with Gasteiger partial charge < -0.3 is 14.4 Å². The second-order valence-electron chi connectivity index (χ2n) is 8.02. The van der Waals surface area contributed by atoms with Gasteiger partial charge in [-0.1, -0.05) is 60.7 Å². The second kappa shape index (κ2) is 11.9. The molecule has 170 valence electrons. The van der Waals surface area contributed by atoms with Gasteiger partial charge >= 0.3 is 5.97 Å². The van der Waals surface area contributed by atoms with Crippen LogP contribution in [0, 0.1) is 0 Å². The van der Waals surface area contributed by atoms with Crippen molar-refractivity contribution in [3.8, 4) is 22.6 Å². The van der Waals surface area contributed by atoms with Crippen molar-refractivity contribution >= 4 is 5.97 Å². The Morgan fingerprint density at radius 2 is 1.39 bits per heavy atom. The molecule has 0 amide bonds. The van der Waals surface area contributed by atoms with E-state index in [4.69, 9.17) is 9.47 Å². The fourth-order valence-electron chi connectivity index (χ4n) is 3.79. The van der Waals surface area contributed by atoms with Crippen molar-refractivity contribution in [2.45, 2.75) is 6.42 Å². The van der Waals surface area contributed by atoms with Gasteiger partial charge in [-0.2, -0.15) is 0 Å². The van der Waals surface area contributed by atoms with Crippen LogP contribution in [0.1, 0.15) is 6.42 Å². The fraction of sp³-hybridized carbons (Fsp3) is 0.250. The molecule has 0 radical (unpaired) electrons. The van der Waals surface area contributed by atoms with E-state index in [9.17, 15) is 4.79 Å². The lowest BCUT2D eigenvalue weighted by atomic mass is 10.1. The van der Waals surface area contributed by atoms with Gasteiger partial charge in [-0.25, -0.2) is 4.79 Å². The summed E-state index contributed by atoms with van der Waals surface area (Å²) in [5.41, 5.74) is 2.23. The lowest BCUT2D eigenvalue weighted by Crippen LogP contribution is -2.44. The number of carbonyl (C=O) groups is 1. The number of esters is 1. The maximum Gasteiger partial charge on any atom is 0.337 e. The molecule has 3 aromatic carbocycles. The zero-order valence-electron chi connectivity index (χ0n) is 18.8. The Kier molecular flexibility index (Phi) is 8.14. The molecule has 0 bridgehead atoms. The molecule has 5 nitrogen and oxygen atoms in total. The van der Waals surface area contributed by atoms with Gasteiger partial charge in [-0.15, -0.1) is 0 Å². The molecule has 0 spiro atoms. The number of carbonyl (C=O) groups excluding carboxylic acids is 1. The van der Waals surface area contributed by atoms with E-state index < -0.39 is 0 Å². The summed E-state index contributed by atoms with van der Waals surface area (Å²) in [5.74, 6) is 1.11. The molecule has 0 aliphatic carbocycles. The SMILES string of the molecule is O=C(C=CN1CCN(CCCOc2ccccc2)CC1)Oc1ccc(-c2ccccc2)cc1. The number of hydrogen-bond donors (Lipinski definition) is 0. The number of para-hydroxylation sites is 1.